The molecule has 0 unspecified atom stereocenters. The maximum Gasteiger partial charge on any atom is 0.151 e. The van der Waals surface area contributed by atoms with Gasteiger partial charge in [0.15, 0.2) is 5.82 Å². The van der Waals surface area contributed by atoms with Crippen LogP contribution in [0.25, 0.3) is 16.9 Å². The summed E-state index contributed by atoms with van der Waals surface area (Å²) >= 11 is 0. The minimum atomic E-state index is 0.179. The summed E-state index contributed by atoms with van der Waals surface area (Å²) in [6.07, 6.45) is 11.5. The lowest BCUT2D eigenvalue weighted by Gasteiger charge is -2.43. The Hall–Kier alpha value is -2.93. The molecule has 2 saturated heterocycles. The van der Waals surface area contributed by atoms with Gasteiger partial charge < -0.3 is 19.9 Å². The second kappa shape index (κ2) is 7.48. The molecule has 0 aliphatic carbocycles. The van der Waals surface area contributed by atoms with E-state index in [0.29, 0.717) is 29.4 Å². The Labute approximate surface area is 170 Å². The molecule has 0 spiro atoms. The van der Waals surface area contributed by atoms with E-state index in [-0.39, 0.29) is 5.75 Å². The van der Waals surface area contributed by atoms with Crippen molar-refractivity contribution in [2.75, 3.05) is 11.9 Å². The average Bonchev–Trinajstić information content (AvgIpc) is 3.28. The van der Waals surface area contributed by atoms with Crippen LogP contribution in [0.3, 0.4) is 0 Å². The number of nitrogens with zero attached hydrogens (tertiary/aromatic N) is 5. The second-order valence-electron chi connectivity index (χ2n) is 8.18. The number of piperidine rings is 2. The average molecular weight is 390 g/mol. The van der Waals surface area contributed by atoms with Crippen LogP contribution in [0.4, 0.5) is 5.82 Å². The van der Waals surface area contributed by atoms with E-state index in [2.05, 4.69) is 32.4 Å². The molecule has 2 aromatic heterocycles. The van der Waals surface area contributed by atoms with E-state index in [1.165, 1.54) is 19.3 Å². The molecular formula is C22H26N6O. The normalized spacial score (nSPS) is 23.7. The molecule has 5 rings (SSSR count). The van der Waals surface area contributed by atoms with E-state index in [1.807, 2.05) is 35.0 Å². The molecule has 7 nitrogen and oxygen atoms in total. The van der Waals surface area contributed by atoms with Crippen molar-refractivity contribution in [2.45, 2.75) is 50.2 Å². The summed E-state index contributed by atoms with van der Waals surface area (Å²) in [6, 6.07) is 11.2. The van der Waals surface area contributed by atoms with E-state index < -0.39 is 0 Å². The summed E-state index contributed by atoms with van der Waals surface area (Å²) in [4.78, 5) is 6.31. The Kier molecular flexibility index (Phi) is 4.67. The first kappa shape index (κ1) is 18.1. The number of phenolic OH excluding ortho intramolecular Hbond substituents is 1. The number of fused-ring (bicyclic) bond motifs is 2. The number of aromatic hydroxyl groups is 1. The zero-order valence-corrected chi connectivity index (χ0v) is 16.6. The van der Waals surface area contributed by atoms with Gasteiger partial charge in [0.1, 0.15) is 5.75 Å². The molecule has 2 bridgehead atoms. The smallest absolute Gasteiger partial charge is 0.151 e. The highest BCUT2D eigenvalue weighted by molar-refractivity contribution is 5.69. The van der Waals surface area contributed by atoms with Gasteiger partial charge >= 0.3 is 0 Å². The lowest BCUT2D eigenvalue weighted by molar-refractivity contribution is 0.219. The fraction of sp³-hybridized carbons (Fsp3) is 0.409. The largest absolute Gasteiger partial charge is 0.507 e. The van der Waals surface area contributed by atoms with Crippen LogP contribution in [0, 0.1) is 0 Å². The minimum absolute atomic E-state index is 0.179. The topological polar surface area (TPSA) is 79.1 Å². The molecule has 2 aliphatic rings. The van der Waals surface area contributed by atoms with Crippen molar-refractivity contribution in [3.05, 3.63) is 49.1 Å². The van der Waals surface area contributed by atoms with E-state index in [9.17, 15) is 5.11 Å². The molecule has 2 aliphatic heterocycles. The highest BCUT2D eigenvalue weighted by Crippen LogP contribution is 2.32. The Morgan fingerprint density at radius 1 is 1.10 bits per heavy atom. The van der Waals surface area contributed by atoms with Crippen molar-refractivity contribution in [2.24, 2.45) is 0 Å². The number of phenols is 1. The summed E-state index contributed by atoms with van der Waals surface area (Å²) in [5.74, 6) is 1.06. The quantitative estimate of drug-likeness (QED) is 0.713. The Bertz CT molecular complexity index is 959. The highest BCUT2D eigenvalue weighted by Gasteiger charge is 2.33. The third kappa shape index (κ3) is 3.58. The molecule has 1 aromatic carbocycles. The molecule has 7 heteroatoms. The van der Waals surface area contributed by atoms with Gasteiger partial charge in [0.05, 0.1) is 17.7 Å². The highest BCUT2D eigenvalue weighted by atomic mass is 16.3. The molecule has 0 amide bonds. The minimum Gasteiger partial charge on any atom is -0.507 e. The lowest BCUT2D eigenvalue weighted by atomic mass is 9.83. The van der Waals surface area contributed by atoms with Crippen molar-refractivity contribution < 1.29 is 5.11 Å². The Balaban J connectivity index is 1.33. The number of anilines is 1. The summed E-state index contributed by atoms with van der Waals surface area (Å²) < 4.78 is 1.85. The third-order valence-electron chi connectivity index (χ3n) is 6.31. The molecule has 3 atom stereocenters. The van der Waals surface area contributed by atoms with Crippen molar-refractivity contribution in [3.63, 3.8) is 0 Å². The van der Waals surface area contributed by atoms with Gasteiger partial charge in [0, 0.05) is 49.2 Å². The van der Waals surface area contributed by atoms with Crippen LogP contribution in [0.5, 0.6) is 5.75 Å². The molecule has 2 N–H and O–H groups in total. The molecule has 3 aromatic rings. The van der Waals surface area contributed by atoms with Gasteiger partial charge in [-0.1, -0.05) is 6.42 Å². The van der Waals surface area contributed by atoms with Crippen molar-refractivity contribution in [1.29, 1.82) is 0 Å². The van der Waals surface area contributed by atoms with Crippen molar-refractivity contribution >= 4 is 5.82 Å². The molecule has 4 heterocycles. The Morgan fingerprint density at radius 3 is 2.59 bits per heavy atom. The second-order valence-corrected chi connectivity index (χ2v) is 8.18. The number of imidazole rings is 1. The van der Waals surface area contributed by atoms with Gasteiger partial charge in [-0.05, 0) is 49.9 Å². The SMILES string of the molecule is CN(c1ccc(-c2ccc(-n3ccnc3)cc2O)nn1)[C@H]1C[C@H]2CCC[C@@H](C1)N2. The number of rotatable bonds is 4. The molecular weight excluding hydrogens is 364 g/mol. The Morgan fingerprint density at radius 2 is 1.93 bits per heavy atom. The summed E-state index contributed by atoms with van der Waals surface area (Å²) in [5.41, 5.74) is 2.19. The van der Waals surface area contributed by atoms with Gasteiger partial charge in [-0.2, -0.15) is 0 Å². The molecule has 2 fully saturated rings. The molecule has 0 radical (unpaired) electrons. The van der Waals surface area contributed by atoms with Crippen molar-refractivity contribution in [3.8, 4) is 22.7 Å². The van der Waals surface area contributed by atoms with Crippen LogP contribution < -0.4 is 10.2 Å². The molecule has 150 valence electrons. The van der Waals surface area contributed by atoms with Gasteiger partial charge in [0.2, 0.25) is 0 Å². The summed E-state index contributed by atoms with van der Waals surface area (Å²) in [6.45, 7) is 0. The van der Waals surface area contributed by atoms with Crippen LogP contribution in [0.2, 0.25) is 0 Å². The maximum atomic E-state index is 10.5. The van der Waals surface area contributed by atoms with E-state index >= 15 is 0 Å². The number of hydrogen-bond acceptors (Lipinski definition) is 6. The number of hydrogen-bond donors (Lipinski definition) is 2. The van der Waals surface area contributed by atoms with E-state index in [0.717, 1.165) is 24.3 Å². The monoisotopic (exact) mass is 390 g/mol. The van der Waals surface area contributed by atoms with Crippen LogP contribution in [0.15, 0.2) is 49.1 Å². The zero-order valence-electron chi connectivity index (χ0n) is 16.6. The van der Waals surface area contributed by atoms with Gasteiger partial charge in [0.25, 0.3) is 0 Å². The maximum absolute atomic E-state index is 10.5. The fourth-order valence-electron chi connectivity index (χ4n) is 4.70. The summed E-state index contributed by atoms with van der Waals surface area (Å²) in [7, 11) is 2.12. The molecule has 29 heavy (non-hydrogen) atoms. The molecule has 0 saturated carbocycles. The van der Waals surface area contributed by atoms with E-state index in [1.54, 1.807) is 18.6 Å². The first-order valence-electron chi connectivity index (χ1n) is 10.3. The predicted molar refractivity (Wildman–Crippen MR) is 112 cm³/mol. The van der Waals surface area contributed by atoms with Gasteiger partial charge in [-0.15, -0.1) is 10.2 Å². The number of nitrogens with one attached hydrogen (secondary N) is 1. The number of benzene rings is 1. The summed E-state index contributed by atoms with van der Waals surface area (Å²) in [5, 5.41) is 23.1. The standard InChI is InChI=1S/C22H26N6O/c1-27(18-11-15-3-2-4-16(12-18)24-15)22-8-7-20(25-26-22)19-6-5-17(13-21(19)29)28-10-9-23-14-28/h5-10,13-16,18,24,29H,2-4,11-12H2,1H3/t15-,16+,18+. The number of aromatic nitrogens is 4. The predicted octanol–water partition coefficient (Wildman–Crippen LogP) is 3.14. The first-order valence-corrected chi connectivity index (χ1v) is 10.3. The van der Waals surface area contributed by atoms with Crippen LogP contribution >= 0.6 is 0 Å². The first-order chi connectivity index (χ1) is 14.2. The third-order valence-corrected chi connectivity index (χ3v) is 6.31. The van der Waals surface area contributed by atoms with Crippen LogP contribution in [0.1, 0.15) is 32.1 Å². The van der Waals surface area contributed by atoms with Crippen LogP contribution in [-0.2, 0) is 0 Å². The van der Waals surface area contributed by atoms with Crippen LogP contribution in [-0.4, -0.2) is 50.0 Å². The lowest BCUT2D eigenvalue weighted by Crippen LogP contribution is -2.54. The van der Waals surface area contributed by atoms with Gasteiger partial charge in [-0.25, -0.2) is 4.98 Å². The van der Waals surface area contributed by atoms with Gasteiger partial charge in [-0.3, -0.25) is 0 Å². The van der Waals surface area contributed by atoms with E-state index in [4.69, 9.17) is 0 Å². The zero-order chi connectivity index (χ0) is 19.8. The van der Waals surface area contributed by atoms with Crippen molar-refractivity contribution in [1.82, 2.24) is 25.1 Å². The fourth-order valence-corrected chi connectivity index (χ4v) is 4.70.